The van der Waals surface area contributed by atoms with Crippen molar-refractivity contribution < 1.29 is 18.7 Å². The summed E-state index contributed by atoms with van der Waals surface area (Å²) in [5.41, 5.74) is 3.70. The second-order valence-corrected chi connectivity index (χ2v) is 10.2. The molecule has 1 atom stereocenters. The number of anilines is 1. The van der Waals surface area contributed by atoms with Gasteiger partial charge in [-0.1, -0.05) is 47.7 Å². The molecule has 1 fully saturated rings. The van der Waals surface area contributed by atoms with E-state index in [1.54, 1.807) is 11.6 Å². The van der Waals surface area contributed by atoms with Crippen molar-refractivity contribution in [3.63, 3.8) is 0 Å². The number of amidine groups is 1. The van der Waals surface area contributed by atoms with Crippen LogP contribution in [0.5, 0.6) is 11.6 Å². The number of rotatable bonds is 8. The number of aromatic nitrogens is 2. The van der Waals surface area contributed by atoms with Crippen molar-refractivity contribution in [2.24, 2.45) is 10.2 Å². The Labute approximate surface area is 234 Å². The van der Waals surface area contributed by atoms with Crippen LogP contribution < -0.4 is 15.4 Å². The summed E-state index contributed by atoms with van der Waals surface area (Å²) in [4.78, 5) is 24.9. The number of hydrogen-bond donors (Lipinski definition) is 2. The summed E-state index contributed by atoms with van der Waals surface area (Å²) in [5, 5.41) is 18.0. The van der Waals surface area contributed by atoms with Gasteiger partial charge in [0.15, 0.2) is 5.17 Å². The van der Waals surface area contributed by atoms with Gasteiger partial charge in [-0.25, -0.2) is 4.39 Å². The van der Waals surface area contributed by atoms with Gasteiger partial charge in [0.1, 0.15) is 16.8 Å². The van der Waals surface area contributed by atoms with Crippen LogP contribution in [0.3, 0.4) is 0 Å². The van der Waals surface area contributed by atoms with Gasteiger partial charge in [0.2, 0.25) is 17.7 Å². The van der Waals surface area contributed by atoms with Gasteiger partial charge in [-0.3, -0.25) is 9.59 Å². The highest BCUT2D eigenvalue weighted by atomic mass is 32.2. The number of amides is 2. The van der Waals surface area contributed by atoms with E-state index in [0.717, 1.165) is 23.0 Å². The fourth-order valence-corrected chi connectivity index (χ4v) is 4.79. The van der Waals surface area contributed by atoms with E-state index in [2.05, 4.69) is 25.9 Å². The van der Waals surface area contributed by atoms with Crippen LogP contribution in [0.15, 0.2) is 89.1 Å². The molecule has 3 aromatic carbocycles. The minimum absolute atomic E-state index is 0.00821. The third-order valence-electron chi connectivity index (χ3n) is 5.91. The average molecular weight is 557 g/mol. The normalized spacial score (nSPS) is 15.9. The van der Waals surface area contributed by atoms with E-state index in [9.17, 15) is 14.0 Å². The predicted octanol–water partition coefficient (Wildman–Crippen LogP) is 5.37. The standard InChI is InChI=1S/C29H25FN6O3S/c1-18-8-12-21(13-9-18)32-26(37)16-25-27(38)33-29(40-25)34-31-17-24-19(2)35-36(22-6-4-3-5-7-22)28(24)39-23-14-10-20(30)11-15-23/h3-15,17,25H,16H2,1-2H3,(H,32,37)(H,33,34,38)/b31-17+/t25-/m1/s1. The molecule has 5 rings (SSSR count). The molecule has 2 amide bonds. The van der Waals surface area contributed by atoms with Crippen LogP contribution in [-0.4, -0.2) is 38.2 Å². The summed E-state index contributed by atoms with van der Waals surface area (Å²) in [6, 6.07) is 22.5. The van der Waals surface area contributed by atoms with Crippen LogP contribution in [-0.2, 0) is 9.59 Å². The molecule has 1 aromatic heterocycles. The molecule has 11 heteroatoms. The van der Waals surface area contributed by atoms with E-state index in [4.69, 9.17) is 4.74 Å². The number of benzene rings is 3. The summed E-state index contributed by atoms with van der Waals surface area (Å²) in [7, 11) is 0. The first-order valence-corrected chi connectivity index (χ1v) is 13.3. The smallest absolute Gasteiger partial charge is 0.240 e. The highest BCUT2D eigenvalue weighted by molar-refractivity contribution is 8.15. The Hall–Kier alpha value is -4.77. The molecule has 1 aliphatic heterocycles. The maximum atomic E-state index is 13.4. The monoisotopic (exact) mass is 556 g/mol. The first-order valence-electron chi connectivity index (χ1n) is 12.4. The van der Waals surface area contributed by atoms with Crippen molar-refractivity contribution >= 4 is 40.6 Å². The molecule has 0 aliphatic carbocycles. The Morgan fingerprint density at radius 1 is 1.10 bits per heavy atom. The number of para-hydroxylation sites is 1. The van der Waals surface area contributed by atoms with Crippen molar-refractivity contribution in [3.8, 4) is 17.3 Å². The van der Waals surface area contributed by atoms with E-state index >= 15 is 0 Å². The van der Waals surface area contributed by atoms with Crippen molar-refractivity contribution in [3.05, 3.63) is 102 Å². The Kier molecular flexibility index (Phi) is 8.02. The molecule has 2 N–H and O–H groups in total. The zero-order valence-corrected chi connectivity index (χ0v) is 22.5. The van der Waals surface area contributed by atoms with Crippen LogP contribution in [0.1, 0.15) is 23.2 Å². The maximum absolute atomic E-state index is 13.4. The number of carbonyl (C=O) groups is 2. The first kappa shape index (κ1) is 26.8. The van der Waals surface area contributed by atoms with E-state index in [1.807, 2.05) is 61.5 Å². The molecule has 2 heterocycles. The number of halogens is 1. The Balaban J connectivity index is 1.32. The zero-order valence-electron chi connectivity index (χ0n) is 21.7. The summed E-state index contributed by atoms with van der Waals surface area (Å²) in [5.74, 6) is -0.170. The number of carbonyl (C=O) groups excluding carboxylic acids is 2. The minimum Gasteiger partial charge on any atom is -0.438 e. The van der Waals surface area contributed by atoms with Gasteiger partial charge in [-0.15, -0.1) is 5.10 Å². The molecule has 0 bridgehead atoms. The van der Waals surface area contributed by atoms with Crippen LogP contribution >= 0.6 is 11.8 Å². The number of hydrogen-bond acceptors (Lipinski definition) is 7. The Morgan fingerprint density at radius 2 is 1.82 bits per heavy atom. The van der Waals surface area contributed by atoms with Crippen LogP contribution in [0, 0.1) is 19.7 Å². The fraction of sp³-hybridized carbons (Fsp3) is 0.138. The molecule has 0 radical (unpaired) electrons. The van der Waals surface area contributed by atoms with Crippen LogP contribution in [0.2, 0.25) is 0 Å². The van der Waals surface area contributed by atoms with Gasteiger partial charge in [0.25, 0.3) is 0 Å². The van der Waals surface area contributed by atoms with Gasteiger partial charge in [-0.2, -0.15) is 14.9 Å². The number of ether oxygens (including phenoxy) is 1. The molecule has 0 spiro atoms. The third kappa shape index (κ3) is 6.44. The van der Waals surface area contributed by atoms with E-state index in [1.165, 1.54) is 30.5 Å². The Morgan fingerprint density at radius 3 is 2.55 bits per heavy atom. The average Bonchev–Trinajstić information content (AvgIpc) is 3.45. The number of thioether (sulfide) groups is 1. The summed E-state index contributed by atoms with van der Waals surface area (Å²) < 4.78 is 21.2. The van der Waals surface area contributed by atoms with Gasteiger partial charge in [-0.05, 0) is 62.4 Å². The van der Waals surface area contributed by atoms with Crippen molar-refractivity contribution in [1.82, 2.24) is 15.1 Å². The minimum atomic E-state index is -0.626. The molecular weight excluding hydrogens is 531 g/mol. The molecule has 40 heavy (non-hydrogen) atoms. The lowest BCUT2D eigenvalue weighted by Crippen LogP contribution is -2.28. The highest BCUT2D eigenvalue weighted by Crippen LogP contribution is 2.30. The topological polar surface area (TPSA) is 110 Å². The van der Waals surface area contributed by atoms with Gasteiger partial charge in [0.05, 0.1) is 23.2 Å². The molecular formula is C29H25FN6O3S. The van der Waals surface area contributed by atoms with E-state index < -0.39 is 5.25 Å². The third-order valence-corrected chi connectivity index (χ3v) is 6.98. The number of aryl methyl sites for hydroxylation is 2. The first-order chi connectivity index (χ1) is 19.4. The molecule has 1 saturated heterocycles. The van der Waals surface area contributed by atoms with E-state index in [-0.39, 0.29) is 29.2 Å². The van der Waals surface area contributed by atoms with Crippen molar-refractivity contribution in [2.45, 2.75) is 25.5 Å². The molecule has 1 aliphatic rings. The lowest BCUT2D eigenvalue weighted by molar-refractivity contribution is -0.122. The zero-order chi connectivity index (χ0) is 28.1. The van der Waals surface area contributed by atoms with Crippen molar-refractivity contribution in [2.75, 3.05) is 5.32 Å². The molecule has 4 aromatic rings. The van der Waals surface area contributed by atoms with Gasteiger partial charge < -0.3 is 15.4 Å². The lowest BCUT2D eigenvalue weighted by Gasteiger charge is -2.10. The molecule has 9 nitrogen and oxygen atoms in total. The van der Waals surface area contributed by atoms with Gasteiger partial charge in [0, 0.05) is 12.1 Å². The van der Waals surface area contributed by atoms with Crippen LogP contribution in [0.4, 0.5) is 10.1 Å². The van der Waals surface area contributed by atoms with Crippen LogP contribution in [0.25, 0.3) is 5.69 Å². The number of nitrogens with one attached hydrogen (secondary N) is 2. The molecule has 0 unspecified atom stereocenters. The quantitative estimate of drug-likeness (QED) is 0.224. The lowest BCUT2D eigenvalue weighted by atomic mass is 10.2. The fourth-order valence-electron chi connectivity index (χ4n) is 3.87. The molecule has 202 valence electrons. The number of nitrogens with zero attached hydrogens (tertiary/aromatic N) is 4. The second kappa shape index (κ2) is 12.0. The maximum Gasteiger partial charge on any atom is 0.240 e. The Bertz CT molecular complexity index is 1580. The van der Waals surface area contributed by atoms with Gasteiger partial charge >= 0.3 is 0 Å². The van der Waals surface area contributed by atoms with E-state index in [0.29, 0.717) is 28.6 Å². The summed E-state index contributed by atoms with van der Waals surface area (Å²) >= 11 is 1.14. The molecule has 0 saturated carbocycles. The second-order valence-electron chi connectivity index (χ2n) is 8.97. The summed E-state index contributed by atoms with van der Waals surface area (Å²) in [6.45, 7) is 3.77. The SMILES string of the molecule is Cc1ccc(NC(=O)C[C@H]2S/C(=N\N=C\c3c(C)nn(-c4ccccc4)c3Oc3ccc(F)cc3)NC2=O)cc1. The van der Waals surface area contributed by atoms with Crippen molar-refractivity contribution in [1.29, 1.82) is 0 Å². The highest BCUT2D eigenvalue weighted by Gasteiger charge is 2.32. The largest absolute Gasteiger partial charge is 0.438 e. The predicted molar refractivity (Wildman–Crippen MR) is 154 cm³/mol. The summed E-state index contributed by atoms with van der Waals surface area (Å²) in [6.07, 6.45) is 1.48.